The van der Waals surface area contributed by atoms with Crippen molar-refractivity contribution in [2.75, 3.05) is 6.54 Å². The van der Waals surface area contributed by atoms with E-state index in [4.69, 9.17) is 4.52 Å². The number of likely N-dealkylation sites (tertiary alicyclic amines) is 1. The zero-order valence-electron chi connectivity index (χ0n) is 16.1. The SMILES string of the molecule is Cc1cc(C)c2[nH]c(C(=O)N3CCC[C@@H]3c3c(C)noc3C)c(C)c2c1. The van der Waals surface area contributed by atoms with Crippen molar-refractivity contribution >= 4 is 16.8 Å². The molecule has 1 fully saturated rings. The summed E-state index contributed by atoms with van der Waals surface area (Å²) < 4.78 is 5.35. The first-order chi connectivity index (χ1) is 12.4. The summed E-state index contributed by atoms with van der Waals surface area (Å²) in [6.45, 7) is 10.9. The summed E-state index contributed by atoms with van der Waals surface area (Å²) in [5.41, 5.74) is 7.12. The Kier molecular flexibility index (Phi) is 3.90. The fourth-order valence-corrected chi connectivity index (χ4v) is 4.42. The summed E-state index contributed by atoms with van der Waals surface area (Å²) in [4.78, 5) is 18.8. The van der Waals surface area contributed by atoms with E-state index in [0.717, 1.165) is 52.9 Å². The molecule has 136 valence electrons. The smallest absolute Gasteiger partial charge is 0.271 e. The predicted octanol–water partition coefficient (Wildman–Crippen LogP) is 4.68. The molecule has 3 aromatic rings. The number of benzene rings is 1. The lowest BCUT2D eigenvalue weighted by Gasteiger charge is -2.24. The maximum atomic E-state index is 13.4. The van der Waals surface area contributed by atoms with E-state index in [-0.39, 0.29) is 11.9 Å². The van der Waals surface area contributed by atoms with Gasteiger partial charge in [0.2, 0.25) is 0 Å². The molecule has 1 atom stereocenters. The molecular formula is C21H25N3O2. The van der Waals surface area contributed by atoms with Gasteiger partial charge >= 0.3 is 0 Å². The van der Waals surface area contributed by atoms with Crippen molar-refractivity contribution in [3.05, 3.63) is 51.5 Å². The van der Waals surface area contributed by atoms with Gasteiger partial charge in [0.15, 0.2) is 0 Å². The molecule has 1 saturated heterocycles. The maximum absolute atomic E-state index is 13.4. The minimum atomic E-state index is 0.0439. The van der Waals surface area contributed by atoms with Crippen molar-refractivity contribution in [3.63, 3.8) is 0 Å². The third kappa shape index (κ3) is 2.45. The number of aromatic nitrogens is 2. The van der Waals surface area contributed by atoms with Crippen LogP contribution < -0.4 is 0 Å². The van der Waals surface area contributed by atoms with Gasteiger partial charge in [0.25, 0.3) is 5.91 Å². The van der Waals surface area contributed by atoms with Crippen LogP contribution in [-0.4, -0.2) is 27.5 Å². The highest BCUT2D eigenvalue weighted by Crippen LogP contribution is 2.37. The van der Waals surface area contributed by atoms with Crippen molar-refractivity contribution < 1.29 is 9.32 Å². The largest absolute Gasteiger partial charge is 0.361 e. The van der Waals surface area contributed by atoms with Gasteiger partial charge in [0.1, 0.15) is 11.5 Å². The molecule has 0 aliphatic carbocycles. The molecule has 0 unspecified atom stereocenters. The van der Waals surface area contributed by atoms with Crippen molar-refractivity contribution in [2.45, 2.75) is 53.5 Å². The lowest BCUT2D eigenvalue weighted by Crippen LogP contribution is -2.31. The van der Waals surface area contributed by atoms with Crippen molar-refractivity contribution in [1.29, 1.82) is 0 Å². The van der Waals surface area contributed by atoms with Gasteiger partial charge in [-0.25, -0.2) is 0 Å². The summed E-state index contributed by atoms with van der Waals surface area (Å²) in [7, 11) is 0. The number of hydrogen-bond donors (Lipinski definition) is 1. The number of hydrogen-bond acceptors (Lipinski definition) is 3. The van der Waals surface area contributed by atoms with E-state index in [2.05, 4.69) is 36.1 Å². The van der Waals surface area contributed by atoms with E-state index in [9.17, 15) is 4.79 Å². The quantitative estimate of drug-likeness (QED) is 0.729. The van der Waals surface area contributed by atoms with Crippen LogP contribution in [0.25, 0.3) is 10.9 Å². The number of aromatic amines is 1. The lowest BCUT2D eigenvalue weighted by atomic mass is 10.0. The molecule has 0 saturated carbocycles. The molecule has 1 aliphatic heterocycles. The second kappa shape index (κ2) is 6.01. The normalized spacial score (nSPS) is 17.4. The number of fused-ring (bicyclic) bond motifs is 1. The summed E-state index contributed by atoms with van der Waals surface area (Å²) in [5.74, 6) is 0.880. The number of aryl methyl sites for hydroxylation is 5. The van der Waals surface area contributed by atoms with Crippen LogP contribution in [0.3, 0.4) is 0 Å². The van der Waals surface area contributed by atoms with E-state index >= 15 is 0 Å². The number of H-pyrrole nitrogens is 1. The van der Waals surface area contributed by atoms with Gasteiger partial charge in [-0.1, -0.05) is 16.8 Å². The first-order valence-corrected chi connectivity index (χ1v) is 9.21. The van der Waals surface area contributed by atoms with Crippen LogP contribution in [0.2, 0.25) is 0 Å². The molecular weight excluding hydrogens is 326 g/mol. The molecule has 1 amide bonds. The van der Waals surface area contributed by atoms with Crippen LogP contribution in [-0.2, 0) is 0 Å². The Bertz CT molecular complexity index is 993. The number of nitrogens with zero attached hydrogens (tertiary/aromatic N) is 2. The minimum absolute atomic E-state index is 0.0439. The van der Waals surface area contributed by atoms with Crippen molar-refractivity contribution in [2.24, 2.45) is 0 Å². The highest BCUT2D eigenvalue weighted by molar-refractivity contribution is 6.02. The second-order valence-corrected chi connectivity index (χ2v) is 7.52. The zero-order valence-corrected chi connectivity index (χ0v) is 16.1. The Hall–Kier alpha value is -2.56. The highest BCUT2D eigenvalue weighted by Gasteiger charge is 2.35. The zero-order chi connectivity index (χ0) is 18.6. The fourth-order valence-electron chi connectivity index (χ4n) is 4.42. The molecule has 1 aliphatic rings. The van der Waals surface area contributed by atoms with Crippen LogP contribution in [0.1, 0.15) is 63.1 Å². The van der Waals surface area contributed by atoms with Gasteiger partial charge in [-0.2, -0.15) is 0 Å². The Morgan fingerprint density at radius 2 is 2.00 bits per heavy atom. The summed E-state index contributed by atoms with van der Waals surface area (Å²) in [5, 5.41) is 5.22. The van der Waals surface area contributed by atoms with E-state index in [1.54, 1.807) is 0 Å². The molecule has 1 aromatic carbocycles. The van der Waals surface area contributed by atoms with Gasteiger partial charge in [0, 0.05) is 23.0 Å². The average Bonchev–Trinajstić information content (AvgIpc) is 3.26. The van der Waals surface area contributed by atoms with Crippen LogP contribution in [0.4, 0.5) is 0 Å². The maximum Gasteiger partial charge on any atom is 0.271 e. The molecule has 2 aromatic heterocycles. The third-order valence-electron chi connectivity index (χ3n) is 5.66. The van der Waals surface area contributed by atoms with Gasteiger partial charge in [-0.15, -0.1) is 0 Å². The van der Waals surface area contributed by atoms with Crippen LogP contribution in [0.15, 0.2) is 16.7 Å². The number of rotatable bonds is 2. The van der Waals surface area contributed by atoms with Crippen LogP contribution in [0, 0.1) is 34.6 Å². The van der Waals surface area contributed by atoms with Crippen molar-refractivity contribution in [1.82, 2.24) is 15.0 Å². The summed E-state index contributed by atoms with van der Waals surface area (Å²) >= 11 is 0. The van der Waals surface area contributed by atoms with Crippen LogP contribution in [0.5, 0.6) is 0 Å². The Morgan fingerprint density at radius 1 is 1.23 bits per heavy atom. The monoisotopic (exact) mass is 351 g/mol. The van der Waals surface area contributed by atoms with Crippen LogP contribution >= 0.6 is 0 Å². The average molecular weight is 351 g/mol. The molecule has 1 N–H and O–H groups in total. The molecule has 5 nitrogen and oxygen atoms in total. The van der Waals surface area contributed by atoms with Crippen molar-refractivity contribution in [3.8, 4) is 0 Å². The van der Waals surface area contributed by atoms with E-state index in [1.165, 1.54) is 11.1 Å². The summed E-state index contributed by atoms with van der Waals surface area (Å²) in [6, 6.07) is 4.35. The summed E-state index contributed by atoms with van der Waals surface area (Å²) in [6.07, 6.45) is 1.95. The Morgan fingerprint density at radius 3 is 2.69 bits per heavy atom. The Labute approximate surface area is 153 Å². The van der Waals surface area contributed by atoms with E-state index < -0.39 is 0 Å². The molecule has 3 heterocycles. The lowest BCUT2D eigenvalue weighted by molar-refractivity contribution is 0.0729. The van der Waals surface area contributed by atoms with Gasteiger partial charge < -0.3 is 14.4 Å². The first-order valence-electron chi connectivity index (χ1n) is 9.21. The highest BCUT2D eigenvalue weighted by atomic mass is 16.5. The molecule has 5 heteroatoms. The standard InChI is InChI=1S/C21H25N3O2/c1-11-9-12(2)19-16(10-11)13(3)20(22-19)21(25)24-8-6-7-17(24)18-14(4)23-26-15(18)5/h9-10,17,22H,6-8H2,1-5H3/t17-/m1/s1. The molecule has 26 heavy (non-hydrogen) atoms. The van der Waals surface area contributed by atoms with E-state index in [1.807, 2.05) is 25.7 Å². The predicted molar refractivity (Wildman–Crippen MR) is 101 cm³/mol. The van der Waals surface area contributed by atoms with E-state index in [0.29, 0.717) is 5.69 Å². The first kappa shape index (κ1) is 16.9. The minimum Gasteiger partial charge on any atom is -0.361 e. The molecule has 0 spiro atoms. The molecule has 4 rings (SSSR count). The number of carbonyl (C=O) groups is 1. The number of carbonyl (C=O) groups excluding carboxylic acids is 1. The number of nitrogens with one attached hydrogen (secondary N) is 1. The van der Waals surface area contributed by atoms with Gasteiger partial charge in [0.05, 0.1) is 11.7 Å². The second-order valence-electron chi connectivity index (χ2n) is 7.52. The topological polar surface area (TPSA) is 62.1 Å². The number of amides is 1. The third-order valence-corrected chi connectivity index (χ3v) is 5.66. The fraction of sp³-hybridized carbons (Fsp3) is 0.429. The molecule has 0 bridgehead atoms. The van der Waals surface area contributed by atoms with Gasteiger partial charge in [-0.05, 0) is 64.7 Å². The Balaban J connectivity index is 1.77. The molecule has 0 radical (unpaired) electrons. The van der Waals surface area contributed by atoms with Gasteiger partial charge in [-0.3, -0.25) is 4.79 Å².